The smallest absolute Gasteiger partial charge is 0.244 e. The van der Waals surface area contributed by atoms with Gasteiger partial charge in [-0.05, 0) is 12.1 Å². The summed E-state index contributed by atoms with van der Waals surface area (Å²) >= 11 is 2.25. The molecule has 1 aromatic rings. The van der Waals surface area contributed by atoms with Crippen LogP contribution in [0.15, 0.2) is 24.5 Å². The summed E-state index contributed by atoms with van der Waals surface area (Å²) in [7, 11) is 0. The van der Waals surface area contributed by atoms with Crippen LogP contribution in [0, 0.1) is 0 Å². The first-order chi connectivity index (χ1) is 7.27. The summed E-state index contributed by atoms with van der Waals surface area (Å²) < 4.78 is 0.263. The van der Waals surface area contributed by atoms with E-state index in [-0.39, 0.29) is 15.9 Å². The number of carbonyl (C=O) groups is 1. The SMILES string of the molecule is O=C(Nc1cccnc1)C1NNCC1I. The summed E-state index contributed by atoms with van der Waals surface area (Å²) in [6.07, 6.45) is 3.30. The van der Waals surface area contributed by atoms with Gasteiger partial charge in [0.1, 0.15) is 6.04 Å². The zero-order chi connectivity index (χ0) is 10.7. The highest BCUT2D eigenvalue weighted by atomic mass is 127. The van der Waals surface area contributed by atoms with Crippen molar-refractivity contribution in [2.75, 3.05) is 11.9 Å². The fraction of sp³-hybridized carbons (Fsp3) is 0.333. The molecule has 2 atom stereocenters. The number of hydrazine groups is 1. The number of nitrogens with one attached hydrogen (secondary N) is 3. The highest BCUT2D eigenvalue weighted by Crippen LogP contribution is 2.12. The first-order valence-corrected chi connectivity index (χ1v) is 5.85. The van der Waals surface area contributed by atoms with Crippen molar-refractivity contribution in [1.82, 2.24) is 15.8 Å². The van der Waals surface area contributed by atoms with Gasteiger partial charge in [0.05, 0.1) is 15.8 Å². The number of hydrogen-bond acceptors (Lipinski definition) is 4. The Bertz CT molecular complexity index is 345. The Morgan fingerprint density at radius 2 is 2.53 bits per heavy atom. The van der Waals surface area contributed by atoms with Gasteiger partial charge in [0, 0.05) is 12.7 Å². The Kier molecular flexibility index (Phi) is 3.49. The second-order valence-electron chi connectivity index (χ2n) is 3.25. The second kappa shape index (κ2) is 4.86. The molecule has 1 fully saturated rings. The minimum atomic E-state index is -0.189. The molecule has 0 spiro atoms. The molecule has 6 heteroatoms. The van der Waals surface area contributed by atoms with E-state index >= 15 is 0 Å². The van der Waals surface area contributed by atoms with E-state index in [0.717, 1.165) is 12.2 Å². The first kappa shape index (κ1) is 10.8. The lowest BCUT2D eigenvalue weighted by Gasteiger charge is -2.12. The van der Waals surface area contributed by atoms with E-state index in [1.165, 1.54) is 0 Å². The molecule has 2 rings (SSSR count). The van der Waals surface area contributed by atoms with Gasteiger partial charge < -0.3 is 5.32 Å². The molecule has 1 amide bonds. The van der Waals surface area contributed by atoms with E-state index in [2.05, 4.69) is 43.7 Å². The zero-order valence-electron chi connectivity index (χ0n) is 7.90. The number of halogens is 1. The molecule has 2 unspecified atom stereocenters. The van der Waals surface area contributed by atoms with Gasteiger partial charge in [-0.15, -0.1) is 0 Å². The van der Waals surface area contributed by atoms with E-state index in [9.17, 15) is 4.79 Å². The molecule has 0 bridgehead atoms. The Labute approximate surface area is 101 Å². The number of rotatable bonds is 2. The summed E-state index contributed by atoms with van der Waals surface area (Å²) in [6, 6.07) is 3.42. The maximum Gasteiger partial charge on any atom is 0.244 e. The van der Waals surface area contributed by atoms with Crippen LogP contribution >= 0.6 is 22.6 Å². The zero-order valence-corrected chi connectivity index (χ0v) is 10.1. The molecule has 80 valence electrons. The monoisotopic (exact) mass is 318 g/mol. The minimum absolute atomic E-state index is 0.0348. The maximum atomic E-state index is 11.8. The van der Waals surface area contributed by atoms with E-state index in [1.807, 2.05) is 6.07 Å². The molecular weight excluding hydrogens is 307 g/mol. The van der Waals surface area contributed by atoms with Crippen molar-refractivity contribution in [3.63, 3.8) is 0 Å². The van der Waals surface area contributed by atoms with Crippen molar-refractivity contribution < 1.29 is 4.79 Å². The Hall–Kier alpha value is -0.730. The first-order valence-electron chi connectivity index (χ1n) is 4.61. The van der Waals surface area contributed by atoms with Crippen molar-refractivity contribution in [3.05, 3.63) is 24.5 Å². The van der Waals surface area contributed by atoms with E-state index in [4.69, 9.17) is 0 Å². The lowest BCUT2D eigenvalue weighted by atomic mass is 10.2. The third-order valence-corrected chi connectivity index (χ3v) is 3.29. The van der Waals surface area contributed by atoms with E-state index < -0.39 is 0 Å². The number of aromatic nitrogens is 1. The number of nitrogens with zero attached hydrogens (tertiary/aromatic N) is 1. The van der Waals surface area contributed by atoms with Gasteiger partial charge in [0.2, 0.25) is 5.91 Å². The van der Waals surface area contributed by atoms with Crippen LogP contribution in [-0.4, -0.2) is 27.4 Å². The number of amides is 1. The Morgan fingerprint density at radius 3 is 3.13 bits per heavy atom. The Balaban J connectivity index is 1.98. The molecule has 15 heavy (non-hydrogen) atoms. The van der Waals surface area contributed by atoms with Crippen molar-refractivity contribution in [3.8, 4) is 0 Å². The van der Waals surface area contributed by atoms with Crippen LogP contribution < -0.4 is 16.2 Å². The topological polar surface area (TPSA) is 66.0 Å². The average Bonchev–Trinajstić information content (AvgIpc) is 2.66. The molecule has 0 radical (unpaired) electrons. The predicted molar refractivity (Wildman–Crippen MR) is 65.6 cm³/mol. The number of carbonyl (C=O) groups excluding carboxylic acids is 1. The van der Waals surface area contributed by atoms with Crippen LogP contribution in [0.5, 0.6) is 0 Å². The molecule has 0 aliphatic carbocycles. The van der Waals surface area contributed by atoms with Crippen molar-refractivity contribution in [2.24, 2.45) is 0 Å². The Morgan fingerprint density at radius 1 is 1.67 bits per heavy atom. The molecule has 0 saturated carbocycles. The quantitative estimate of drug-likeness (QED) is 0.542. The van der Waals surface area contributed by atoms with Crippen LogP contribution in [0.2, 0.25) is 0 Å². The van der Waals surface area contributed by atoms with Crippen LogP contribution in [0.1, 0.15) is 0 Å². The van der Waals surface area contributed by atoms with Crippen molar-refractivity contribution in [2.45, 2.75) is 9.97 Å². The summed E-state index contributed by atoms with van der Waals surface area (Å²) in [5, 5.41) is 2.81. The minimum Gasteiger partial charge on any atom is -0.323 e. The number of alkyl halides is 1. The number of hydrogen-bond donors (Lipinski definition) is 3. The predicted octanol–water partition coefficient (Wildman–Crippen LogP) is 0.300. The van der Waals surface area contributed by atoms with Gasteiger partial charge in [0.15, 0.2) is 0 Å². The van der Waals surface area contributed by atoms with Gasteiger partial charge in [-0.25, -0.2) is 5.43 Å². The van der Waals surface area contributed by atoms with Gasteiger partial charge in [-0.1, -0.05) is 22.6 Å². The van der Waals surface area contributed by atoms with Gasteiger partial charge in [-0.3, -0.25) is 15.2 Å². The molecule has 1 saturated heterocycles. The largest absolute Gasteiger partial charge is 0.323 e. The standard InChI is InChI=1S/C9H11IN4O/c10-7-5-12-14-8(7)9(15)13-6-2-1-3-11-4-6/h1-4,7-8,12,14H,5H2,(H,13,15). The molecule has 1 aromatic heterocycles. The highest BCUT2D eigenvalue weighted by Gasteiger charge is 2.30. The van der Waals surface area contributed by atoms with Gasteiger partial charge >= 0.3 is 0 Å². The van der Waals surface area contributed by atoms with Gasteiger partial charge in [0.25, 0.3) is 0 Å². The fourth-order valence-electron chi connectivity index (χ4n) is 1.36. The third kappa shape index (κ3) is 2.64. The third-order valence-electron chi connectivity index (χ3n) is 2.13. The summed E-state index contributed by atoms with van der Waals surface area (Å²) in [4.78, 5) is 15.7. The average molecular weight is 318 g/mol. The summed E-state index contributed by atoms with van der Waals surface area (Å²) in [6.45, 7) is 0.797. The fourth-order valence-corrected chi connectivity index (χ4v) is 2.09. The normalized spacial score (nSPS) is 25.1. The highest BCUT2D eigenvalue weighted by molar-refractivity contribution is 14.1. The maximum absolute atomic E-state index is 11.8. The van der Waals surface area contributed by atoms with Crippen LogP contribution in [-0.2, 0) is 4.79 Å². The second-order valence-corrected chi connectivity index (χ2v) is 4.85. The lowest BCUT2D eigenvalue weighted by Crippen LogP contribution is -2.42. The molecular formula is C9H11IN4O. The van der Waals surface area contributed by atoms with Crippen LogP contribution in [0.3, 0.4) is 0 Å². The van der Waals surface area contributed by atoms with Crippen molar-refractivity contribution >= 4 is 34.2 Å². The molecule has 0 aromatic carbocycles. The molecule has 1 aliphatic rings. The molecule has 1 aliphatic heterocycles. The van der Waals surface area contributed by atoms with E-state index in [0.29, 0.717) is 0 Å². The van der Waals surface area contributed by atoms with Gasteiger partial charge in [-0.2, -0.15) is 0 Å². The van der Waals surface area contributed by atoms with Crippen LogP contribution in [0.25, 0.3) is 0 Å². The number of anilines is 1. The number of pyridine rings is 1. The molecule has 3 N–H and O–H groups in total. The lowest BCUT2D eigenvalue weighted by molar-refractivity contribution is -0.117. The van der Waals surface area contributed by atoms with E-state index in [1.54, 1.807) is 18.5 Å². The van der Waals surface area contributed by atoms with Crippen molar-refractivity contribution in [1.29, 1.82) is 0 Å². The van der Waals surface area contributed by atoms with Crippen LogP contribution in [0.4, 0.5) is 5.69 Å². The molecule has 2 heterocycles. The summed E-state index contributed by atoms with van der Waals surface area (Å²) in [5.41, 5.74) is 6.61. The summed E-state index contributed by atoms with van der Waals surface area (Å²) in [5.74, 6) is -0.0348. The molecule has 5 nitrogen and oxygen atoms in total.